The molecule has 0 fully saturated rings. The van der Waals surface area contributed by atoms with Gasteiger partial charge in [0, 0.05) is 19.6 Å². The number of nitrogens with one attached hydrogen (secondary N) is 1. The van der Waals surface area contributed by atoms with Crippen LogP contribution in [0.15, 0.2) is 11.9 Å². The van der Waals surface area contributed by atoms with E-state index in [1.54, 1.807) is 0 Å². The van der Waals surface area contributed by atoms with E-state index >= 15 is 0 Å². The van der Waals surface area contributed by atoms with E-state index in [4.69, 9.17) is 0 Å². The second kappa shape index (κ2) is 6.74. The first-order chi connectivity index (χ1) is 6.88. The lowest BCUT2D eigenvalue weighted by Gasteiger charge is -2.25. The van der Waals surface area contributed by atoms with Crippen LogP contribution in [0.2, 0.25) is 0 Å². The van der Waals surface area contributed by atoms with Gasteiger partial charge in [-0.2, -0.15) is 0 Å². The van der Waals surface area contributed by atoms with Crippen LogP contribution in [-0.4, -0.2) is 24.5 Å². The van der Waals surface area contributed by atoms with E-state index in [1.165, 1.54) is 51.0 Å². The molecular weight excluding hydrogens is 172 g/mol. The van der Waals surface area contributed by atoms with Gasteiger partial charge in [-0.25, -0.2) is 0 Å². The number of unbranched alkanes of at least 4 members (excludes halogenated alkanes) is 2. The second-order valence-corrected chi connectivity index (χ2v) is 4.00. The number of rotatable bonds is 7. The first-order valence-electron chi connectivity index (χ1n) is 6.07. The Labute approximate surface area is 88.4 Å². The van der Waals surface area contributed by atoms with Crippen LogP contribution in [0.1, 0.15) is 46.0 Å². The molecule has 0 saturated heterocycles. The van der Waals surface area contributed by atoms with Crippen molar-refractivity contribution in [2.75, 3.05) is 19.6 Å². The van der Waals surface area contributed by atoms with E-state index in [-0.39, 0.29) is 0 Å². The first kappa shape index (κ1) is 11.4. The maximum atomic E-state index is 3.46. The summed E-state index contributed by atoms with van der Waals surface area (Å²) in [4.78, 5) is 2.51. The van der Waals surface area contributed by atoms with Gasteiger partial charge in [-0.15, -0.1) is 0 Å². The zero-order valence-corrected chi connectivity index (χ0v) is 9.68. The van der Waals surface area contributed by atoms with E-state index < -0.39 is 0 Å². The molecule has 14 heavy (non-hydrogen) atoms. The molecule has 1 rings (SSSR count). The molecule has 0 radical (unpaired) electrons. The number of hydrogen-bond acceptors (Lipinski definition) is 2. The quantitative estimate of drug-likeness (QED) is 0.673. The fourth-order valence-electron chi connectivity index (χ4n) is 1.77. The van der Waals surface area contributed by atoms with Crippen molar-refractivity contribution in [2.45, 2.75) is 46.0 Å². The molecule has 0 saturated carbocycles. The predicted molar refractivity (Wildman–Crippen MR) is 62.1 cm³/mol. The summed E-state index contributed by atoms with van der Waals surface area (Å²) >= 11 is 0. The van der Waals surface area contributed by atoms with Crippen LogP contribution in [0.5, 0.6) is 0 Å². The summed E-state index contributed by atoms with van der Waals surface area (Å²) in [6.45, 7) is 8.08. The van der Waals surface area contributed by atoms with Crippen molar-refractivity contribution < 1.29 is 0 Å². The largest absolute Gasteiger partial charge is 0.372 e. The SMILES string of the molecule is CCCCN(CCCC)C1=CCCN1. The molecule has 2 nitrogen and oxygen atoms in total. The molecule has 1 aliphatic heterocycles. The standard InChI is InChI=1S/C12H24N2/c1-3-5-10-14(11-6-4-2)12-8-7-9-13-12/h8,13H,3-7,9-11H2,1-2H3. The Kier molecular flexibility index (Phi) is 5.50. The lowest BCUT2D eigenvalue weighted by Crippen LogP contribution is -2.31. The number of nitrogens with zero attached hydrogens (tertiary/aromatic N) is 1. The van der Waals surface area contributed by atoms with Crippen molar-refractivity contribution in [3.05, 3.63) is 11.9 Å². The van der Waals surface area contributed by atoms with Crippen LogP contribution in [-0.2, 0) is 0 Å². The smallest absolute Gasteiger partial charge is 0.0972 e. The van der Waals surface area contributed by atoms with E-state index in [0.29, 0.717) is 0 Å². The molecule has 1 aliphatic rings. The summed E-state index contributed by atoms with van der Waals surface area (Å²) in [5, 5.41) is 3.46. The second-order valence-electron chi connectivity index (χ2n) is 4.00. The van der Waals surface area contributed by atoms with E-state index in [9.17, 15) is 0 Å². The molecule has 0 spiro atoms. The minimum Gasteiger partial charge on any atom is -0.372 e. The van der Waals surface area contributed by atoms with Crippen molar-refractivity contribution in [3.63, 3.8) is 0 Å². The summed E-state index contributed by atoms with van der Waals surface area (Å²) in [7, 11) is 0. The fraction of sp³-hybridized carbons (Fsp3) is 0.833. The zero-order chi connectivity index (χ0) is 10.2. The summed E-state index contributed by atoms with van der Waals surface area (Å²) < 4.78 is 0. The molecule has 82 valence electrons. The predicted octanol–water partition coefficient (Wildman–Crippen LogP) is 2.72. The molecule has 0 atom stereocenters. The van der Waals surface area contributed by atoms with Crippen molar-refractivity contribution in [3.8, 4) is 0 Å². The zero-order valence-electron chi connectivity index (χ0n) is 9.68. The van der Waals surface area contributed by atoms with Crippen LogP contribution < -0.4 is 5.32 Å². The molecule has 2 heteroatoms. The minimum absolute atomic E-state index is 1.13. The van der Waals surface area contributed by atoms with Crippen LogP contribution >= 0.6 is 0 Å². The Balaban J connectivity index is 2.34. The lowest BCUT2D eigenvalue weighted by molar-refractivity contribution is 0.315. The Hall–Kier alpha value is -0.660. The van der Waals surface area contributed by atoms with Gasteiger partial charge in [0.1, 0.15) is 0 Å². The molecule has 0 aromatic carbocycles. The van der Waals surface area contributed by atoms with Gasteiger partial charge in [0.2, 0.25) is 0 Å². The normalized spacial score (nSPS) is 15.1. The Morgan fingerprint density at radius 1 is 1.21 bits per heavy atom. The van der Waals surface area contributed by atoms with Crippen LogP contribution in [0.25, 0.3) is 0 Å². The summed E-state index contributed by atoms with van der Waals surface area (Å²) in [5.41, 5.74) is 0. The first-order valence-corrected chi connectivity index (χ1v) is 6.07. The van der Waals surface area contributed by atoms with Crippen molar-refractivity contribution in [1.82, 2.24) is 10.2 Å². The third-order valence-corrected chi connectivity index (χ3v) is 2.69. The molecule has 0 bridgehead atoms. The average molecular weight is 196 g/mol. The Morgan fingerprint density at radius 2 is 1.86 bits per heavy atom. The highest BCUT2D eigenvalue weighted by molar-refractivity contribution is 5.04. The minimum atomic E-state index is 1.13. The van der Waals surface area contributed by atoms with Gasteiger partial charge in [-0.3, -0.25) is 0 Å². The van der Waals surface area contributed by atoms with E-state index in [0.717, 1.165) is 6.54 Å². The monoisotopic (exact) mass is 196 g/mol. The van der Waals surface area contributed by atoms with Crippen molar-refractivity contribution in [1.29, 1.82) is 0 Å². The highest BCUT2D eigenvalue weighted by atomic mass is 15.2. The molecule has 1 heterocycles. The maximum Gasteiger partial charge on any atom is 0.0972 e. The molecule has 0 aliphatic carbocycles. The molecule has 0 unspecified atom stereocenters. The maximum absolute atomic E-state index is 3.46. The Bertz CT molecular complexity index is 167. The van der Waals surface area contributed by atoms with Gasteiger partial charge in [0.05, 0.1) is 5.82 Å². The van der Waals surface area contributed by atoms with Gasteiger partial charge in [-0.05, 0) is 25.3 Å². The van der Waals surface area contributed by atoms with Crippen LogP contribution in [0.4, 0.5) is 0 Å². The fourth-order valence-corrected chi connectivity index (χ4v) is 1.77. The topological polar surface area (TPSA) is 15.3 Å². The molecule has 0 aromatic rings. The van der Waals surface area contributed by atoms with E-state index in [1.807, 2.05) is 0 Å². The summed E-state index contributed by atoms with van der Waals surface area (Å²) in [5.74, 6) is 1.38. The molecule has 0 aromatic heterocycles. The summed E-state index contributed by atoms with van der Waals surface area (Å²) in [6.07, 6.45) is 8.73. The van der Waals surface area contributed by atoms with Crippen LogP contribution in [0, 0.1) is 0 Å². The van der Waals surface area contributed by atoms with Crippen molar-refractivity contribution in [2.24, 2.45) is 0 Å². The third kappa shape index (κ3) is 3.60. The van der Waals surface area contributed by atoms with Gasteiger partial charge < -0.3 is 10.2 Å². The average Bonchev–Trinajstić information content (AvgIpc) is 2.71. The van der Waals surface area contributed by atoms with Gasteiger partial charge in [-0.1, -0.05) is 26.7 Å². The molecule has 1 N–H and O–H groups in total. The highest BCUT2D eigenvalue weighted by Crippen LogP contribution is 2.10. The van der Waals surface area contributed by atoms with Crippen LogP contribution in [0.3, 0.4) is 0 Å². The van der Waals surface area contributed by atoms with Crippen molar-refractivity contribution >= 4 is 0 Å². The van der Waals surface area contributed by atoms with E-state index in [2.05, 4.69) is 30.1 Å². The Morgan fingerprint density at radius 3 is 2.29 bits per heavy atom. The molecule has 0 amide bonds. The lowest BCUT2D eigenvalue weighted by atomic mass is 10.2. The highest BCUT2D eigenvalue weighted by Gasteiger charge is 2.10. The summed E-state index contributed by atoms with van der Waals surface area (Å²) in [6, 6.07) is 0. The van der Waals surface area contributed by atoms with Gasteiger partial charge >= 0.3 is 0 Å². The van der Waals surface area contributed by atoms with Gasteiger partial charge in [0.15, 0.2) is 0 Å². The molecular formula is C12H24N2. The van der Waals surface area contributed by atoms with Gasteiger partial charge in [0.25, 0.3) is 0 Å². The number of hydrogen-bond donors (Lipinski definition) is 1. The third-order valence-electron chi connectivity index (χ3n) is 2.69.